The highest BCUT2D eigenvalue weighted by Crippen LogP contribution is 2.36. The smallest absolute Gasteiger partial charge is 0.410 e. The Bertz CT molecular complexity index is 959. The minimum atomic E-state index is -0.347. The molecular weight excluding hydrogens is 374 g/mol. The molecule has 0 spiro atoms. The van der Waals surface area contributed by atoms with Crippen LogP contribution < -0.4 is 5.32 Å². The molecule has 0 atom stereocenters. The normalized spacial score (nSPS) is 12.9. The van der Waals surface area contributed by atoms with Crippen molar-refractivity contribution < 1.29 is 14.3 Å². The molecule has 0 saturated heterocycles. The summed E-state index contributed by atoms with van der Waals surface area (Å²) in [7, 11) is 0. The SMILES string of the molecule is CCOC(=O)N1CCc2c(sc(NC(=O)Cc3cc(C)ccc3C)c2C#N)C1. The number of carbonyl (C=O) groups is 2. The van der Waals surface area contributed by atoms with Crippen LogP contribution in [0.3, 0.4) is 0 Å². The van der Waals surface area contributed by atoms with Crippen LogP contribution in [0, 0.1) is 25.2 Å². The number of carbonyl (C=O) groups excluding carboxylic acids is 2. The summed E-state index contributed by atoms with van der Waals surface area (Å²) < 4.78 is 5.07. The fourth-order valence-corrected chi connectivity index (χ4v) is 4.54. The third-order valence-corrected chi connectivity index (χ3v) is 5.94. The van der Waals surface area contributed by atoms with Gasteiger partial charge in [0.25, 0.3) is 0 Å². The molecule has 2 heterocycles. The summed E-state index contributed by atoms with van der Waals surface area (Å²) in [6.45, 7) is 6.99. The van der Waals surface area contributed by atoms with Crippen LogP contribution in [0.15, 0.2) is 18.2 Å². The number of rotatable bonds is 4. The van der Waals surface area contributed by atoms with E-state index < -0.39 is 0 Å². The molecule has 1 N–H and O–H groups in total. The number of nitriles is 1. The minimum absolute atomic E-state index is 0.147. The van der Waals surface area contributed by atoms with Crippen LogP contribution >= 0.6 is 11.3 Å². The van der Waals surface area contributed by atoms with Gasteiger partial charge in [-0.3, -0.25) is 4.79 Å². The Kier molecular flexibility index (Phi) is 6.00. The summed E-state index contributed by atoms with van der Waals surface area (Å²) in [5.41, 5.74) is 4.59. The molecule has 2 aromatic rings. The summed E-state index contributed by atoms with van der Waals surface area (Å²) >= 11 is 1.37. The zero-order valence-electron chi connectivity index (χ0n) is 16.3. The number of benzene rings is 1. The van der Waals surface area contributed by atoms with Gasteiger partial charge in [-0.1, -0.05) is 23.8 Å². The predicted molar refractivity (Wildman–Crippen MR) is 108 cm³/mol. The van der Waals surface area contributed by atoms with Crippen LogP contribution in [0.1, 0.15) is 39.6 Å². The summed E-state index contributed by atoms with van der Waals surface area (Å²) in [6.07, 6.45) is 0.497. The maximum atomic E-state index is 12.6. The van der Waals surface area contributed by atoms with Gasteiger partial charge in [0.15, 0.2) is 0 Å². The van der Waals surface area contributed by atoms with Gasteiger partial charge in [0.1, 0.15) is 11.1 Å². The fraction of sp³-hybridized carbons (Fsp3) is 0.381. The Labute approximate surface area is 168 Å². The molecule has 2 amide bonds. The van der Waals surface area contributed by atoms with E-state index in [1.807, 2.05) is 32.0 Å². The maximum Gasteiger partial charge on any atom is 0.410 e. The zero-order chi connectivity index (χ0) is 20.3. The van der Waals surface area contributed by atoms with E-state index in [1.54, 1.807) is 11.8 Å². The lowest BCUT2D eigenvalue weighted by Gasteiger charge is -2.25. The van der Waals surface area contributed by atoms with E-state index >= 15 is 0 Å². The van der Waals surface area contributed by atoms with Crippen molar-refractivity contribution in [1.82, 2.24) is 4.90 Å². The number of nitrogens with one attached hydrogen (secondary N) is 1. The van der Waals surface area contributed by atoms with Crippen molar-refractivity contribution in [3.63, 3.8) is 0 Å². The van der Waals surface area contributed by atoms with E-state index in [0.717, 1.165) is 27.1 Å². The molecule has 1 aliphatic heterocycles. The van der Waals surface area contributed by atoms with Crippen molar-refractivity contribution in [3.05, 3.63) is 50.9 Å². The van der Waals surface area contributed by atoms with E-state index in [0.29, 0.717) is 36.7 Å². The number of fused-ring (bicyclic) bond motifs is 1. The topological polar surface area (TPSA) is 82.4 Å². The van der Waals surface area contributed by atoms with E-state index in [-0.39, 0.29) is 18.4 Å². The van der Waals surface area contributed by atoms with Gasteiger partial charge in [-0.15, -0.1) is 11.3 Å². The van der Waals surface area contributed by atoms with Crippen molar-refractivity contribution in [1.29, 1.82) is 5.26 Å². The molecule has 0 radical (unpaired) electrons. The maximum absolute atomic E-state index is 12.6. The van der Waals surface area contributed by atoms with Crippen molar-refractivity contribution in [2.75, 3.05) is 18.5 Å². The summed E-state index contributed by atoms with van der Waals surface area (Å²) in [6, 6.07) is 8.26. The Morgan fingerprint density at radius 3 is 2.86 bits per heavy atom. The molecular formula is C21H23N3O3S. The van der Waals surface area contributed by atoms with Crippen molar-refractivity contribution in [2.45, 2.75) is 40.2 Å². The summed E-state index contributed by atoms with van der Waals surface area (Å²) in [5.74, 6) is -0.147. The third-order valence-electron chi connectivity index (χ3n) is 4.80. The number of anilines is 1. The number of amides is 2. The van der Waals surface area contributed by atoms with Gasteiger partial charge in [0, 0.05) is 11.4 Å². The average Bonchev–Trinajstić information content (AvgIpc) is 3.00. The molecule has 0 bridgehead atoms. The highest BCUT2D eigenvalue weighted by Gasteiger charge is 2.28. The molecule has 7 heteroatoms. The molecule has 1 aromatic carbocycles. The first-order chi connectivity index (χ1) is 13.4. The Morgan fingerprint density at radius 2 is 2.14 bits per heavy atom. The first kappa shape index (κ1) is 19.9. The molecule has 0 aliphatic carbocycles. The molecule has 0 fully saturated rings. The van der Waals surface area contributed by atoms with E-state index in [2.05, 4.69) is 11.4 Å². The van der Waals surface area contributed by atoms with Crippen molar-refractivity contribution >= 4 is 28.3 Å². The Hall–Kier alpha value is -2.85. The molecule has 3 rings (SSSR count). The minimum Gasteiger partial charge on any atom is -0.450 e. The van der Waals surface area contributed by atoms with Gasteiger partial charge in [-0.2, -0.15) is 5.26 Å². The van der Waals surface area contributed by atoms with Gasteiger partial charge < -0.3 is 15.0 Å². The number of hydrogen-bond donors (Lipinski definition) is 1. The molecule has 146 valence electrons. The first-order valence-electron chi connectivity index (χ1n) is 9.25. The second kappa shape index (κ2) is 8.44. The summed E-state index contributed by atoms with van der Waals surface area (Å²) in [5, 5.41) is 13.1. The van der Waals surface area contributed by atoms with E-state index in [4.69, 9.17) is 4.74 Å². The number of hydrogen-bond acceptors (Lipinski definition) is 5. The quantitative estimate of drug-likeness (QED) is 0.847. The van der Waals surface area contributed by atoms with Crippen LogP contribution in [0.2, 0.25) is 0 Å². The number of thiophene rings is 1. The number of aryl methyl sites for hydroxylation is 2. The lowest BCUT2D eigenvalue weighted by molar-refractivity contribution is -0.115. The molecule has 0 saturated carbocycles. The van der Waals surface area contributed by atoms with Gasteiger partial charge >= 0.3 is 6.09 Å². The molecule has 6 nitrogen and oxygen atoms in total. The first-order valence-corrected chi connectivity index (χ1v) is 10.1. The highest BCUT2D eigenvalue weighted by atomic mass is 32.1. The second-order valence-electron chi connectivity index (χ2n) is 6.85. The van der Waals surface area contributed by atoms with E-state index in [1.165, 1.54) is 11.3 Å². The van der Waals surface area contributed by atoms with Crippen molar-refractivity contribution in [2.24, 2.45) is 0 Å². The monoisotopic (exact) mass is 397 g/mol. The van der Waals surface area contributed by atoms with Gasteiger partial charge in [-0.25, -0.2) is 4.79 Å². The molecule has 1 aliphatic rings. The van der Waals surface area contributed by atoms with Crippen LogP contribution in [0.5, 0.6) is 0 Å². The zero-order valence-corrected chi connectivity index (χ0v) is 17.1. The molecule has 28 heavy (non-hydrogen) atoms. The van der Waals surface area contributed by atoms with Gasteiger partial charge in [0.05, 0.1) is 25.1 Å². The highest BCUT2D eigenvalue weighted by molar-refractivity contribution is 7.16. The van der Waals surface area contributed by atoms with Crippen LogP contribution in [-0.2, 0) is 28.9 Å². The molecule has 0 unspecified atom stereocenters. The Morgan fingerprint density at radius 1 is 1.36 bits per heavy atom. The van der Waals surface area contributed by atoms with Crippen molar-refractivity contribution in [3.8, 4) is 6.07 Å². The lowest BCUT2D eigenvalue weighted by atomic mass is 10.0. The predicted octanol–water partition coefficient (Wildman–Crippen LogP) is 3.93. The van der Waals surface area contributed by atoms with Crippen LogP contribution in [-0.4, -0.2) is 30.1 Å². The fourth-order valence-electron chi connectivity index (χ4n) is 3.31. The largest absolute Gasteiger partial charge is 0.450 e. The number of nitrogens with zero attached hydrogens (tertiary/aromatic N) is 2. The molecule has 1 aromatic heterocycles. The van der Waals surface area contributed by atoms with E-state index in [9.17, 15) is 14.9 Å². The lowest BCUT2D eigenvalue weighted by Crippen LogP contribution is -2.35. The average molecular weight is 398 g/mol. The standard InChI is InChI=1S/C21H23N3O3S/c1-4-27-21(26)24-8-7-16-17(11-22)20(28-18(16)12-24)23-19(25)10-15-9-13(2)5-6-14(15)3/h5-6,9H,4,7-8,10,12H2,1-3H3,(H,23,25). The number of ether oxygens (including phenoxy) is 1. The summed E-state index contributed by atoms with van der Waals surface area (Å²) in [4.78, 5) is 27.1. The van der Waals surface area contributed by atoms with Crippen LogP contribution in [0.25, 0.3) is 0 Å². The van der Waals surface area contributed by atoms with Crippen LogP contribution in [0.4, 0.5) is 9.80 Å². The second-order valence-corrected chi connectivity index (χ2v) is 7.95. The van der Waals surface area contributed by atoms with Gasteiger partial charge in [-0.05, 0) is 43.9 Å². The van der Waals surface area contributed by atoms with Gasteiger partial charge in [0.2, 0.25) is 5.91 Å². The Balaban J connectivity index is 1.76. The third kappa shape index (κ3) is 4.18.